The molecule has 1 saturated carbocycles. The minimum Gasteiger partial charge on any atom is -0.353 e. The van der Waals surface area contributed by atoms with Gasteiger partial charge in [-0.3, -0.25) is 0 Å². The fourth-order valence-corrected chi connectivity index (χ4v) is 3.59. The van der Waals surface area contributed by atoms with Crippen molar-refractivity contribution in [3.8, 4) is 0 Å². The molecule has 3 rings (SSSR count). The van der Waals surface area contributed by atoms with Crippen LogP contribution in [0.25, 0.3) is 0 Å². The van der Waals surface area contributed by atoms with Crippen molar-refractivity contribution in [1.29, 1.82) is 0 Å². The van der Waals surface area contributed by atoms with Crippen molar-refractivity contribution in [3.63, 3.8) is 0 Å². The van der Waals surface area contributed by atoms with Crippen LogP contribution < -0.4 is 16.2 Å². The molecule has 0 radical (unpaired) electrons. The van der Waals surface area contributed by atoms with Crippen LogP contribution in [0, 0.1) is 12.8 Å². The smallest absolute Gasteiger partial charge is 0.148 e. The van der Waals surface area contributed by atoms with Crippen LogP contribution in [-0.2, 0) is 0 Å². The van der Waals surface area contributed by atoms with Crippen LogP contribution in [0.1, 0.15) is 37.7 Å². The molecule has 3 N–H and O–H groups in total. The summed E-state index contributed by atoms with van der Waals surface area (Å²) in [5.74, 6) is 8.16. The first-order valence-electron chi connectivity index (χ1n) is 6.86. The highest BCUT2D eigenvalue weighted by molar-refractivity contribution is 5.58. The van der Waals surface area contributed by atoms with Gasteiger partial charge in [0.25, 0.3) is 0 Å². The highest BCUT2D eigenvalue weighted by atomic mass is 15.3. The summed E-state index contributed by atoms with van der Waals surface area (Å²) in [5, 5.41) is 0. The Labute approximate surface area is 108 Å². The highest BCUT2D eigenvalue weighted by Crippen LogP contribution is 2.39. The number of piperidine rings is 1. The summed E-state index contributed by atoms with van der Waals surface area (Å²) in [4.78, 5) is 11.1. The minimum atomic E-state index is 0.679. The number of hydrogen-bond acceptors (Lipinski definition) is 5. The van der Waals surface area contributed by atoms with E-state index in [9.17, 15) is 0 Å². The summed E-state index contributed by atoms with van der Waals surface area (Å²) in [5.41, 5.74) is 3.72. The third kappa shape index (κ3) is 1.82. The third-order valence-electron chi connectivity index (χ3n) is 4.46. The molecule has 2 fully saturated rings. The van der Waals surface area contributed by atoms with Crippen LogP contribution in [-0.4, -0.2) is 22.6 Å². The molecular weight excluding hydrogens is 226 g/mol. The molecule has 0 aromatic carbocycles. The molecule has 5 heteroatoms. The van der Waals surface area contributed by atoms with Crippen LogP contribution in [0.2, 0.25) is 0 Å². The van der Waals surface area contributed by atoms with Crippen LogP contribution in [0.4, 0.5) is 11.6 Å². The molecule has 18 heavy (non-hydrogen) atoms. The predicted molar refractivity (Wildman–Crippen MR) is 72.3 cm³/mol. The van der Waals surface area contributed by atoms with Gasteiger partial charge in [-0.05, 0) is 38.5 Å². The lowest BCUT2D eigenvalue weighted by molar-refractivity contribution is 0.360. The molecule has 1 saturated heterocycles. The molecule has 2 unspecified atom stereocenters. The van der Waals surface area contributed by atoms with Crippen molar-refractivity contribution in [1.82, 2.24) is 9.97 Å². The van der Waals surface area contributed by atoms with Gasteiger partial charge in [0.05, 0.1) is 0 Å². The van der Waals surface area contributed by atoms with Crippen molar-refractivity contribution in [2.75, 3.05) is 16.9 Å². The van der Waals surface area contributed by atoms with Gasteiger partial charge >= 0.3 is 0 Å². The number of fused-ring (bicyclic) bond motifs is 1. The van der Waals surface area contributed by atoms with Gasteiger partial charge in [0.1, 0.15) is 18.0 Å². The maximum atomic E-state index is 5.50. The Hall–Kier alpha value is -1.36. The molecule has 1 aromatic heterocycles. The summed E-state index contributed by atoms with van der Waals surface area (Å²) in [6, 6.07) is 0.679. The number of nitrogen functional groups attached to an aromatic ring is 1. The lowest BCUT2D eigenvalue weighted by Crippen LogP contribution is -2.43. The highest BCUT2D eigenvalue weighted by Gasteiger charge is 2.36. The van der Waals surface area contributed by atoms with Gasteiger partial charge < -0.3 is 10.3 Å². The molecule has 5 nitrogen and oxygen atoms in total. The largest absolute Gasteiger partial charge is 0.353 e. The minimum absolute atomic E-state index is 0.679. The van der Waals surface area contributed by atoms with E-state index in [1.807, 2.05) is 6.92 Å². The van der Waals surface area contributed by atoms with E-state index < -0.39 is 0 Å². The molecule has 0 spiro atoms. The molecule has 0 bridgehead atoms. The first-order valence-corrected chi connectivity index (χ1v) is 6.86. The van der Waals surface area contributed by atoms with Crippen molar-refractivity contribution in [2.45, 2.75) is 45.1 Å². The molecule has 98 valence electrons. The zero-order valence-electron chi connectivity index (χ0n) is 10.9. The second-order valence-corrected chi connectivity index (χ2v) is 5.41. The topological polar surface area (TPSA) is 67.1 Å². The van der Waals surface area contributed by atoms with Crippen molar-refractivity contribution < 1.29 is 0 Å². The van der Waals surface area contributed by atoms with Crippen LogP contribution in [0.15, 0.2) is 6.33 Å². The monoisotopic (exact) mass is 247 g/mol. The lowest BCUT2D eigenvalue weighted by Gasteiger charge is -2.39. The van der Waals surface area contributed by atoms with Crippen molar-refractivity contribution in [3.05, 3.63) is 11.9 Å². The molecule has 1 aliphatic carbocycles. The first kappa shape index (κ1) is 11.7. The van der Waals surface area contributed by atoms with Gasteiger partial charge in [-0.25, -0.2) is 15.8 Å². The Morgan fingerprint density at radius 1 is 1.28 bits per heavy atom. The maximum absolute atomic E-state index is 5.50. The fraction of sp³-hybridized carbons (Fsp3) is 0.692. The van der Waals surface area contributed by atoms with E-state index >= 15 is 0 Å². The quantitative estimate of drug-likeness (QED) is 0.616. The molecule has 2 atom stereocenters. The number of hydrogen-bond donors (Lipinski definition) is 2. The van der Waals surface area contributed by atoms with Crippen molar-refractivity contribution in [2.24, 2.45) is 11.8 Å². The summed E-state index contributed by atoms with van der Waals surface area (Å²) in [7, 11) is 0. The number of nitrogens with two attached hydrogens (primary N) is 1. The second-order valence-electron chi connectivity index (χ2n) is 5.41. The van der Waals surface area contributed by atoms with Gasteiger partial charge in [-0.1, -0.05) is 6.42 Å². The first-order chi connectivity index (χ1) is 8.81. The zero-order chi connectivity index (χ0) is 12.5. The Morgan fingerprint density at radius 2 is 2.11 bits per heavy atom. The van der Waals surface area contributed by atoms with Gasteiger partial charge in [0.2, 0.25) is 0 Å². The van der Waals surface area contributed by atoms with Crippen molar-refractivity contribution >= 4 is 11.6 Å². The van der Waals surface area contributed by atoms with E-state index in [2.05, 4.69) is 20.3 Å². The van der Waals surface area contributed by atoms with E-state index in [0.717, 1.165) is 29.7 Å². The van der Waals surface area contributed by atoms with E-state index in [1.165, 1.54) is 32.1 Å². The standard InChI is InChI=1S/C13H21N5/c1-9-12(17-14)15-8-16-13(9)18-7-3-5-10-4-2-6-11(10)18/h8,10-11H,2-7,14H2,1H3,(H,15,16,17). The number of anilines is 2. The SMILES string of the molecule is Cc1c(NN)ncnc1N1CCCC2CCCC21. The Bertz CT molecular complexity index is 433. The molecule has 2 aliphatic rings. The molecule has 1 aliphatic heterocycles. The number of rotatable bonds is 2. The average molecular weight is 247 g/mol. The Balaban J connectivity index is 1.93. The van der Waals surface area contributed by atoms with Crippen LogP contribution in [0.3, 0.4) is 0 Å². The molecule has 1 aromatic rings. The summed E-state index contributed by atoms with van der Waals surface area (Å²) < 4.78 is 0. The summed E-state index contributed by atoms with van der Waals surface area (Å²) in [6.07, 6.45) is 8.31. The van der Waals surface area contributed by atoms with Gasteiger partial charge in [0.15, 0.2) is 0 Å². The number of aromatic nitrogens is 2. The van der Waals surface area contributed by atoms with Crippen LogP contribution >= 0.6 is 0 Å². The van der Waals surface area contributed by atoms with E-state index in [1.54, 1.807) is 6.33 Å². The normalized spacial score (nSPS) is 27.1. The maximum Gasteiger partial charge on any atom is 0.148 e. The van der Waals surface area contributed by atoms with Gasteiger partial charge in [-0.15, -0.1) is 0 Å². The Morgan fingerprint density at radius 3 is 2.94 bits per heavy atom. The second kappa shape index (κ2) is 4.72. The Kier molecular flexibility index (Phi) is 3.07. The van der Waals surface area contributed by atoms with E-state index in [4.69, 9.17) is 5.84 Å². The van der Waals surface area contributed by atoms with Crippen LogP contribution in [0.5, 0.6) is 0 Å². The summed E-state index contributed by atoms with van der Waals surface area (Å²) >= 11 is 0. The van der Waals surface area contributed by atoms with E-state index in [-0.39, 0.29) is 0 Å². The van der Waals surface area contributed by atoms with E-state index in [0.29, 0.717) is 6.04 Å². The molecule has 0 amide bonds. The third-order valence-corrected chi connectivity index (χ3v) is 4.46. The molecule has 2 heterocycles. The lowest BCUT2D eigenvalue weighted by atomic mass is 9.92. The van der Waals surface area contributed by atoms with Gasteiger partial charge in [-0.2, -0.15) is 0 Å². The number of nitrogens with zero attached hydrogens (tertiary/aromatic N) is 3. The predicted octanol–water partition coefficient (Wildman–Crippen LogP) is 1.84. The summed E-state index contributed by atoms with van der Waals surface area (Å²) in [6.45, 7) is 3.16. The molecular formula is C13H21N5. The number of hydrazine groups is 1. The average Bonchev–Trinajstić information content (AvgIpc) is 2.87. The zero-order valence-corrected chi connectivity index (χ0v) is 10.9. The fourth-order valence-electron chi connectivity index (χ4n) is 3.59. The number of nitrogens with one attached hydrogen (secondary N) is 1. The van der Waals surface area contributed by atoms with Gasteiger partial charge in [0, 0.05) is 18.2 Å².